The van der Waals surface area contributed by atoms with Gasteiger partial charge < -0.3 is 10.6 Å². The molecular weight excluding hydrogens is 244 g/mol. The average molecular weight is 260 g/mol. The van der Waals surface area contributed by atoms with Gasteiger partial charge in [0.2, 0.25) is 0 Å². The topological polar surface area (TPSA) is 55.0 Å². The summed E-state index contributed by atoms with van der Waals surface area (Å²) in [4.78, 5) is 11.3. The highest BCUT2D eigenvalue weighted by Crippen LogP contribution is 2.33. The lowest BCUT2D eigenvalue weighted by Gasteiger charge is -2.13. The van der Waals surface area contributed by atoms with Gasteiger partial charge in [0.25, 0.3) is 0 Å². The van der Waals surface area contributed by atoms with Crippen molar-refractivity contribution in [3.05, 3.63) is 29.3 Å². The number of nitrogens with zero attached hydrogens (tertiary/aromatic N) is 3. The summed E-state index contributed by atoms with van der Waals surface area (Å²) in [5.74, 6) is 0. The van der Waals surface area contributed by atoms with E-state index >= 15 is 0 Å². The Kier molecular flexibility index (Phi) is 3.01. The van der Waals surface area contributed by atoms with E-state index in [2.05, 4.69) is 27.3 Å². The number of hydrogen-bond donors (Lipinski definition) is 1. The number of thiazole rings is 1. The molecule has 1 fully saturated rings. The minimum Gasteiger partial charge on any atom is -0.348 e. The largest absolute Gasteiger partial charge is 0.348 e. The number of rotatable bonds is 4. The van der Waals surface area contributed by atoms with Crippen molar-refractivity contribution < 1.29 is 0 Å². The van der Waals surface area contributed by atoms with Crippen molar-refractivity contribution in [2.45, 2.75) is 25.4 Å². The molecule has 0 bridgehead atoms. The SMILES string of the molecule is CN(c1nc(-c2ccc(CN)cn2)cs1)C1CC1. The molecule has 5 heteroatoms. The van der Waals surface area contributed by atoms with E-state index in [1.807, 2.05) is 18.3 Å². The first-order chi connectivity index (χ1) is 8.78. The molecule has 4 nitrogen and oxygen atoms in total. The molecule has 2 aromatic heterocycles. The molecule has 1 aliphatic rings. The highest BCUT2D eigenvalue weighted by atomic mass is 32.1. The Morgan fingerprint density at radius 1 is 1.39 bits per heavy atom. The molecular formula is C13H16N4S. The molecule has 1 aliphatic carbocycles. The lowest BCUT2D eigenvalue weighted by atomic mass is 10.2. The Morgan fingerprint density at radius 3 is 2.83 bits per heavy atom. The van der Waals surface area contributed by atoms with E-state index in [-0.39, 0.29) is 0 Å². The first kappa shape index (κ1) is 11.6. The van der Waals surface area contributed by atoms with E-state index in [4.69, 9.17) is 5.73 Å². The third-order valence-electron chi connectivity index (χ3n) is 3.21. The molecule has 1 saturated carbocycles. The van der Waals surface area contributed by atoms with Crippen LogP contribution in [0.4, 0.5) is 5.13 Å². The summed E-state index contributed by atoms with van der Waals surface area (Å²) in [6.45, 7) is 0.528. The molecule has 18 heavy (non-hydrogen) atoms. The second-order valence-electron chi connectivity index (χ2n) is 4.61. The van der Waals surface area contributed by atoms with E-state index in [9.17, 15) is 0 Å². The Hall–Kier alpha value is -1.46. The molecule has 0 atom stereocenters. The number of aromatic nitrogens is 2. The first-order valence-electron chi connectivity index (χ1n) is 6.11. The van der Waals surface area contributed by atoms with Gasteiger partial charge in [-0.2, -0.15) is 0 Å². The van der Waals surface area contributed by atoms with Gasteiger partial charge in [-0.1, -0.05) is 6.07 Å². The summed E-state index contributed by atoms with van der Waals surface area (Å²) >= 11 is 1.68. The Bertz CT molecular complexity index is 530. The maximum atomic E-state index is 5.56. The van der Waals surface area contributed by atoms with Crippen molar-refractivity contribution in [3.8, 4) is 11.4 Å². The predicted octanol–water partition coefficient (Wildman–Crippen LogP) is 2.26. The Morgan fingerprint density at radius 2 is 2.22 bits per heavy atom. The molecule has 2 heterocycles. The van der Waals surface area contributed by atoms with Gasteiger partial charge in [-0.3, -0.25) is 4.98 Å². The Labute approximate surface area is 110 Å². The van der Waals surface area contributed by atoms with E-state index in [0.717, 1.165) is 22.1 Å². The zero-order valence-electron chi connectivity index (χ0n) is 10.3. The molecule has 0 aliphatic heterocycles. The standard InChI is InChI=1S/C13H16N4S/c1-17(10-3-4-10)13-16-12(8-18-13)11-5-2-9(6-14)7-15-11/h2,5,7-8,10H,3-4,6,14H2,1H3. The Balaban J connectivity index is 1.82. The van der Waals surface area contributed by atoms with Crippen molar-refractivity contribution in [3.63, 3.8) is 0 Å². The molecule has 0 saturated heterocycles. The maximum absolute atomic E-state index is 5.56. The lowest BCUT2D eigenvalue weighted by molar-refractivity contribution is 0.909. The van der Waals surface area contributed by atoms with Crippen molar-refractivity contribution in [2.24, 2.45) is 5.73 Å². The van der Waals surface area contributed by atoms with Crippen LogP contribution >= 0.6 is 11.3 Å². The van der Waals surface area contributed by atoms with Crippen molar-refractivity contribution in [1.29, 1.82) is 0 Å². The average Bonchev–Trinajstić information content (AvgIpc) is 3.15. The van der Waals surface area contributed by atoms with E-state index in [1.165, 1.54) is 12.8 Å². The molecule has 3 rings (SSSR count). The van der Waals surface area contributed by atoms with Gasteiger partial charge in [0.05, 0.1) is 5.69 Å². The fraction of sp³-hybridized carbons (Fsp3) is 0.385. The zero-order valence-corrected chi connectivity index (χ0v) is 11.2. The van der Waals surface area contributed by atoms with Crippen LogP contribution in [-0.4, -0.2) is 23.1 Å². The molecule has 0 spiro atoms. The molecule has 2 aromatic rings. The van der Waals surface area contributed by atoms with Crippen LogP contribution < -0.4 is 10.6 Å². The summed E-state index contributed by atoms with van der Waals surface area (Å²) in [6, 6.07) is 4.68. The van der Waals surface area contributed by atoms with Crippen LogP contribution in [0.3, 0.4) is 0 Å². The molecule has 0 amide bonds. The third kappa shape index (κ3) is 2.23. The predicted molar refractivity (Wildman–Crippen MR) is 74.7 cm³/mol. The quantitative estimate of drug-likeness (QED) is 0.916. The van der Waals surface area contributed by atoms with Gasteiger partial charge in [-0.05, 0) is 24.5 Å². The molecule has 0 unspecified atom stereocenters. The van der Waals surface area contributed by atoms with Gasteiger partial charge in [0, 0.05) is 31.2 Å². The third-order valence-corrected chi connectivity index (χ3v) is 4.14. The first-order valence-corrected chi connectivity index (χ1v) is 6.99. The monoisotopic (exact) mass is 260 g/mol. The lowest BCUT2D eigenvalue weighted by Crippen LogP contribution is -2.18. The van der Waals surface area contributed by atoms with Crippen LogP contribution in [-0.2, 0) is 6.54 Å². The van der Waals surface area contributed by atoms with Crippen LogP contribution in [0.15, 0.2) is 23.7 Å². The van der Waals surface area contributed by atoms with Crippen LogP contribution in [0.1, 0.15) is 18.4 Å². The molecule has 94 valence electrons. The summed E-state index contributed by atoms with van der Waals surface area (Å²) in [6.07, 6.45) is 4.39. The smallest absolute Gasteiger partial charge is 0.185 e. The van der Waals surface area contributed by atoms with Crippen LogP contribution in [0.2, 0.25) is 0 Å². The number of nitrogens with two attached hydrogens (primary N) is 1. The molecule has 2 N–H and O–H groups in total. The van der Waals surface area contributed by atoms with Crippen molar-refractivity contribution in [1.82, 2.24) is 9.97 Å². The molecule has 0 radical (unpaired) electrons. The van der Waals surface area contributed by atoms with Gasteiger partial charge in [0.15, 0.2) is 5.13 Å². The summed E-state index contributed by atoms with van der Waals surface area (Å²) < 4.78 is 0. The second kappa shape index (κ2) is 4.66. The fourth-order valence-electron chi connectivity index (χ4n) is 1.86. The maximum Gasteiger partial charge on any atom is 0.185 e. The summed E-state index contributed by atoms with van der Waals surface area (Å²) in [7, 11) is 2.12. The van der Waals surface area contributed by atoms with Crippen molar-refractivity contribution >= 4 is 16.5 Å². The van der Waals surface area contributed by atoms with E-state index in [0.29, 0.717) is 12.6 Å². The van der Waals surface area contributed by atoms with Crippen LogP contribution in [0, 0.1) is 0 Å². The normalized spacial score (nSPS) is 14.8. The molecule has 0 aromatic carbocycles. The summed E-state index contributed by atoms with van der Waals surface area (Å²) in [5, 5.41) is 3.15. The highest BCUT2D eigenvalue weighted by molar-refractivity contribution is 7.14. The summed E-state index contributed by atoms with van der Waals surface area (Å²) in [5.41, 5.74) is 8.47. The van der Waals surface area contributed by atoms with Gasteiger partial charge in [0.1, 0.15) is 5.69 Å². The number of anilines is 1. The fourth-order valence-corrected chi connectivity index (χ4v) is 2.72. The minimum absolute atomic E-state index is 0.528. The number of hydrogen-bond acceptors (Lipinski definition) is 5. The minimum atomic E-state index is 0.528. The van der Waals surface area contributed by atoms with E-state index < -0.39 is 0 Å². The highest BCUT2D eigenvalue weighted by Gasteiger charge is 2.28. The number of pyridine rings is 1. The van der Waals surface area contributed by atoms with Gasteiger partial charge >= 0.3 is 0 Å². The second-order valence-corrected chi connectivity index (χ2v) is 5.45. The van der Waals surface area contributed by atoms with Crippen molar-refractivity contribution in [2.75, 3.05) is 11.9 Å². The van der Waals surface area contributed by atoms with Gasteiger partial charge in [-0.25, -0.2) is 4.98 Å². The van der Waals surface area contributed by atoms with E-state index in [1.54, 1.807) is 11.3 Å². The van der Waals surface area contributed by atoms with Crippen LogP contribution in [0.25, 0.3) is 11.4 Å². The zero-order chi connectivity index (χ0) is 12.5. The van der Waals surface area contributed by atoms with Crippen LogP contribution in [0.5, 0.6) is 0 Å². The van der Waals surface area contributed by atoms with Gasteiger partial charge in [-0.15, -0.1) is 11.3 Å².